The van der Waals surface area contributed by atoms with Crippen LogP contribution in [0.5, 0.6) is 0 Å². The minimum atomic E-state index is -0.217. The first-order valence-corrected chi connectivity index (χ1v) is 9.95. The zero-order valence-electron chi connectivity index (χ0n) is 17.1. The summed E-state index contributed by atoms with van der Waals surface area (Å²) in [6.07, 6.45) is 0.219. The first-order chi connectivity index (χ1) is 14.1. The van der Waals surface area contributed by atoms with Crippen molar-refractivity contribution in [2.45, 2.75) is 45.8 Å². The summed E-state index contributed by atoms with van der Waals surface area (Å²) in [5, 5.41) is 13.4. The van der Waals surface area contributed by atoms with Gasteiger partial charge >= 0.3 is 0 Å². The molecule has 0 bridgehead atoms. The molecule has 156 valence electrons. The van der Waals surface area contributed by atoms with Crippen LogP contribution in [0.1, 0.15) is 56.5 Å². The molecule has 1 amide bonds. The Kier molecular flexibility index (Phi) is 7.18. The topological polar surface area (TPSA) is 114 Å². The fourth-order valence-corrected chi connectivity index (χ4v) is 3.21. The van der Waals surface area contributed by atoms with Gasteiger partial charge in [0.05, 0.1) is 0 Å². The number of amides is 1. The van der Waals surface area contributed by atoms with Gasteiger partial charge in [-0.25, -0.2) is 4.99 Å². The van der Waals surface area contributed by atoms with Gasteiger partial charge in [0.25, 0.3) is 0 Å². The predicted molar refractivity (Wildman–Crippen MR) is 110 cm³/mol. The summed E-state index contributed by atoms with van der Waals surface area (Å²) >= 11 is 0. The first kappa shape index (κ1) is 20.8. The number of hydrogen-bond donors (Lipinski definition) is 3. The Morgan fingerprint density at radius 1 is 1.38 bits per heavy atom. The van der Waals surface area contributed by atoms with Crippen LogP contribution in [0, 0.1) is 0 Å². The van der Waals surface area contributed by atoms with Crippen molar-refractivity contribution >= 4 is 17.6 Å². The molecule has 29 heavy (non-hydrogen) atoms. The van der Waals surface area contributed by atoms with Gasteiger partial charge in [-0.3, -0.25) is 4.79 Å². The van der Waals surface area contributed by atoms with E-state index in [1.54, 1.807) is 0 Å². The van der Waals surface area contributed by atoms with E-state index in [0.717, 1.165) is 11.3 Å². The summed E-state index contributed by atoms with van der Waals surface area (Å²) in [5.41, 5.74) is 2.00. The monoisotopic (exact) mass is 400 g/mol. The molecule has 0 spiro atoms. The van der Waals surface area contributed by atoms with Crippen LogP contribution in [0.25, 0.3) is 0 Å². The standard InChI is InChI=1S/C20H28N6O3/c1-4-21-20(23-12-18-25-19(26-29-18)13(3)28-5-2)22-11-14-10-17(27)24-16-9-7-6-8-15(14)16/h6-9,13-14H,4-5,10-12H2,1-3H3,(H,24,27)(H2,21,22,23). The highest BCUT2D eigenvalue weighted by Gasteiger charge is 2.24. The van der Waals surface area contributed by atoms with Crippen LogP contribution in [-0.2, 0) is 16.1 Å². The van der Waals surface area contributed by atoms with Crippen LogP contribution in [0.15, 0.2) is 33.8 Å². The molecule has 3 N–H and O–H groups in total. The number of fused-ring (bicyclic) bond motifs is 1. The van der Waals surface area contributed by atoms with Crippen molar-refractivity contribution in [1.82, 2.24) is 20.8 Å². The molecule has 2 atom stereocenters. The number of ether oxygens (including phenoxy) is 1. The van der Waals surface area contributed by atoms with E-state index in [-0.39, 0.29) is 24.5 Å². The lowest BCUT2D eigenvalue weighted by atomic mass is 9.90. The lowest BCUT2D eigenvalue weighted by Crippen LogP contribution is -2.40. The van der Waals surface area contributed by atoms with Gasteiger partial charge in [0.2, 0.25) is 11.8 Å². The van der Waals surface area contributed by atoms with Gasteiger partial charge in [-0.15, -0.1) is 0 Å². The molecule has 0 saturated carbocycles. The maximum absolute atomic E-state index is 12.0. The number of para-hydroxylation sites is 1. The quantitative estimate of drug-likeness (QED) is 0.460. The van der Waals surface area contributed by atoms with Crippen LogP contribution in [0.3, 0.4) is 0 Å². The largest absolute Gasteiger partial charge is 0.371 e. The summed E-state index contributed by atoms with van der Waals surface area (Å²) < 4.78 is 10.7. The molecule has 9 heteroatoms. The maximum Gasteiger partial charge on any atom is 0.248 e. The van der Waals surface area contributed by atoms with Gasteiger partial charge in [-0.05, 0) is 32.4 Å². The van der Waals surface area contributed by atoms with E-state index in [1.807, 2.05) is 45.0 Å². The van der Waals surface area contributed by atoms with Crippen molar-refractivity contribution in [3.05, 3.63) is 41.5 Å². The number of carbonyl (C=O) groups excluding carboxylic acids is 1. The molecular formula is C20H28N6O3. The zero-order valence-corrected chi connectivity index (χ0v) is 17.1. The molecular weight excluding hydrogens is 372 g/mol. The van der Waals surface area contributed by atoms with E-state index >= 15 is 0 Å². The third-order valence-electron chi connectivity index (χ3n) is 4.60. The highest BCUT2D eigenvalue weighted by molar-refractivity contribution is 5.94. The van der Waals surface area contributed by atoms with Crippen molar-refractivity contribution in [2.75, 3.05) is 25.0 Å². The smallest absolute Gasteiger partial charge is 0.248 e. The van der Waals surface area contributed by atoms with Crippen molar-refractivity contribution < 1.29 is 14.1 Å². The summed E-state index contributed by atoms with van der Waals surface area (Å²) in [6, 6.07) is 7.88. The Balaban J connectivity index is 1.62. The number of aromatic nitrogens is 2. The Morgan fingerprint density at radius 2 is 2.21 bits per heavy atom. The van der Waals surface area contributed by atoms with Gasteiger partial charge in [0.15, 0.2) is 11.8 Å². The highest BCUT2D eigenvalue weighted by Crippen LogP contribution is 2.31. The number of nitrogens with zero attached hydrogens (tertiary/aromatic N) is 3. The van der Waals surface area contributed by atoms with Crippen molar-refractivity contribution in [3.8, 4) is 0 Å². The summed E-state index contributed by atoms with van der Waals surface area (Å²) in [7, 11) is 0. The van der Waals surface area contributed by atoms with Crippen LogP contribution in [0.2, 0.25) is 0 Å². The van der Waals surface area contributed by atoms with Gasteiger partial charge in [0.1, 0.15) is 12.6 Å². The normalized spacial score (nSPS) is 17.4. The average Bonchev–Trinajstić information content (AvgIpc) is 3.19. The lowest BCUT2D eigenvalue weighted by molar-refractivity contribution is -0.116. The second kappa shape index (κ2) is 10.0. The Labute approximate surface area is 170 Å². The Bertz CT molecular complexity index is 850. The summed E-state index contributed by atoms with van der Waals surface area (Å²) in [5.74, 6) is 1.67. The van der Waals surface area contributed by atoms with Crippen molar-refractivity contribution in [2.24, 2.45) is 4.99 Å². The molecule has 1 aromatic carbocycles. The molecule has 0 radical (unpaired) electrons. The van der Waals surface area contributed by atoms with E-state index < -0.39 is 0 Å². The van der Waals surface area contributed by atoms with Gasteiger partial charge < -0.3 is 25.2 Å². The van der Waals surface area contributed by atoms with Gasteiger partial charge in [-0.2, -0.15) is 4.98 Å². The molecule has 0 saturated heterocycles. The maximum atomic E-state index is 12.0. The number of benzene rings is 1. The second-order valence-electron chi connectivity index (χ2n) is 6.76. The fraction of sp³-hybridized carbons (Fsp3) is 0.500. The molecule has 9 nitrogen and oxygen atoms in total. The number of nitrogens with one attached hydrogen (secondary N) is 3. The van der Waals surface area contributed by atoms with Crippen LogP contribution >= 0.6 is 0 Å². The van der Waals surface area contributed by atoms with E-state index in [1.165, 1.54) is 0 Å². The fourth-order valence-electron chi connectivity index (χ4n) is 3.21. The molecule has 3 rings (SSSR count). The first-order valence-electron chi connectivity index (χ1n) is 9.95. The molecule has 2 heterocycles. The minimum absolute atomic E-state index is 0.0271. The second-order valence-corrected chi connectivity index (χ2v) is 6.76. The molecule has 2 unspecified atom stereocenters. The Morgan fingerprint density at radius 3 is 3.00 bits per heavy atom. The van der Waals surface area contributed by atoms with Crippen molar-refractivity contribution in [1.29, 1.82) is 0 Å². The number of guanidine groups is 1. The average molecular weight is 400 g/mol. The number of carbonyl (C=O) groups is 1. The summed E-state index contributed by atoms with van der Waals surface area (Å²) in [6.45, 7) is 7.93. The molecule has 1 aliphatic rings. The van der Waals surface area contributed by atoms with Gasteiger partial charge in [0, 0.05) is 37.7 Å². The predicted octanol–water partition coefficient (Wildman–Crippen LogP) is 2.35. The highest BCUT2D eigenvalue weighted by atomic mass is 16.5. The minimum Gasteiger partial charge on any atom is -0.371 e. The zero-order chi connectivity index (χ0) is 20.6. The number of hydrogen-bond acceptors (Lipinski definition) is 6. The van der Waals surface area contributed by atoms with E-state index in [2.05, 4.69) is 31.1 Å². The van der Waals surface area contributed by atoms with Crippen LogP contribution < -0.4 is 16.0 Å². The lowest BCUT2D eigenvalue weighted by Gasteiger charge is -2.26. The van der Waals surface area contributed by atoms with Crippen LogP contribution in [-0.4, -0.2) is 41.7 Å². The summed E-state index contributed by atoms with van der Waals surface area (Å²) in [4.78, 5) is 20.8. The molecule has 0 fully saturated rings. The molecule has 1 aliphatic heterocycles. The molecule has 0 aliphatic carbocycles. The van der Waals surface area contributed by atoms with Crippen LogP contribution in [0.4, 0.5) is 5.69 Å². The third kappa shape index (κ3) is 5.54. The molecule has 1 aromatic heterocycles. The van der Waals surface area contributed by atoms with E-state index in [9.17, 15) is 4.79 Å². The number of rotatable bonds is 8. The van der Waals surface area contributed by atoms with Crippen molar-refractivity contribution in [3.63, 3.8) is 0 Å². The SMILES string of the molecule is CCNC(=NCc1nc(C(C)OCC)no1)NCC1CC(=O)Nc2ccccc21. The number of aliphatic imine (C=N–C) groups is 1. The van der Waals surface area contributed by atoms with E-state index in [0.29, 0.717) is 43.8 Å². The molecule has 2 aromatic rings. The Hall–Kier alpha value is -2.94. The van der Waals surface area contributed by atoms with E-state index in [4.69, 9.17) is 9.26 Å². The number of anilines is 1. The van der Waals surface area contributed by atoms with Gasteiger partial charge in [-0.1, -0.05) is 23.4 Å². The third-order valence-corrected chi connectivity index (χ3v) is 4.60.